The predicted molar refractivity (Wildman–Crippen MR) is 116 cm³/mol. The van der Waals surface area contributed by atoms with Crippen molar-refractivity contribution < 1.29 is 19.4 Å². The van der Waals surface area contributed by atoms with Gasteiger partial charge in [-0.05, 0) is 42.8 Å². The summed E-state index contributed by atoms with van der Waals surface area (Å²) in [5.41, 5.74) is 2.45. The van der Waals surface area contributed by atoms with Gasteiger partial charge in [-0.3, -0.25) is 4.79 Å². The number of benzene rings is 2. The number of ketones is 1. The normalized spacial score (nSPS) is 14.7. The van der Waals surface area contributed by atoms with Gasteiger partial charge < -0.3 is 19.5 Å². The minimum atomic E-state index is -0.355. The van der Waals surface area contributed by atoms with Gasteiger partial charge >= 0.3 is 0 Å². The van der Waals surface area contributed by atoms with Crippen molar-refractivity contribution in [1.29, 1.82) is 0 Å². The van der Waals surface area contributed by atoms with Crippen LogP contribution in [0.3, 0.4) is 0 Å². The predicted octanol–water partition coefficient (Wildman–Crippen LogP) is 4.68. The van der Waals surface area contributed by atoms with Crippen molar-refractivity contribution in [2.45, 2.75) is 6.42 Å². The lowest BCUT2D eigenvalue weighted by atomic mass is 9.93. The van der Waals surface area contributed by atoms with Crippen molar-refractivity contribution in [2.75, 3.05) is 34.4 Å². The minimum Gasteiger partial charge on any atom is -0.506 e. The molecule has 2 aromatic carbocycles. The van der Waals surface area contributed by atoms with Gasteiger partial charge in [0.05, 0.1) is 19.8 Å². The van der Waals surface area contributed by atoms with Crippen molar-refractivity contribution in [2.24, 2.45) is 0 Å². The van der Waals surface area contributed by atoms with Gasteiger partial charge in [0.25, 0.3) is 0 Å². The standard InChI is InChI=1S/C23H24ClNO4/c1-25-12-10-16(11-13-25)21-19(28-2)14-20(29-3)22(23(21)27)18(26)9-6-15-4-7-17(24)8-5-15/h4-10,14,27H,11-13H2,1-3H3/b9-6+. The SMILES string of the molecule is COc1cc(OC)c(C2=CCN(C)CC2)c(O)c1C(=O)/C=C/c1ccc(Cl)cc1. The first-order chi connectivity index (χ1) is 13.9. The van der Waals surface area contributed by atoms with Crippen LogP contribution >= 0.6 is 11.6 Å². The Kier molecular flexibility index (Phi) is 6.62. The van der Waals surface area contributed by atoms with Crippen LogP contribution in [-0.4, -0.2) is 50.1 Å². The summed E-state index contributed by atoms with van der Waals surface area (Å²) in [7, 11) is 5.03. The average molecular weight is 414 g/mol. The number of likely N-dealkylation sites (N-methyl/N-ethyl adjacent to an activating group) is 1. The molecule has 152 valence electrons. The maximum Gasteiger partial charge on any atom is 0.193 e. The van der Waals surface area contributed by atoms with Crippen LogP contribution in [0.2, 0.25) is 5.02 Å². The fraction of sp³-hybridized carbons (Fsp3) is 0.261. The van der Waals surface area contributed by atoms with Crippen LogP contribution in [0, 0.1) is 0 Å². The van der Waals surface area contributed by atoms with Gasteiger partial charge in [-0.15, -0.1) is 0 Å². The molecule has 1 N–H and O–H groups in total. The Bertz CT molecular complexity index is 964. The second kappa shape index (κ2) is 9.16. The quantitative estimate of drug-likeness (QED) is 0.550. The van der Waals surface area contributed by atoms with Crippen LogP contribution in [0.5, 0.6) is 17.2 Å². The Balaban J connectivity index is 2.04. The van der Waals surface area contributed by atoms with Crippen molar-refractivity contribution >= 4 is 29.0 Å². The number of allylic oxidation sites excluding steroid dienone is 1. The fourth-order valence-corrected chi connectivity index (χ4v) is 3.45. The maximum absolute atomic E-state index is 13.0. The molecule has 1 aliphatic heterocycles. The summed E-state index contributed by atoms with van der Waals surface area (Å²) < 4.78 is 10.9. The van der Waals surface area contributed by atoms with Crippen LogP contribution in [0.15, 0.2) is 42.5 Å². The van der Waals surface area contributed by atoms with Crippen LogP contribution in [-0.2, 0) is 0 Å². The number of methoxy groups -OCH3 is 2. The monoisotopic (exact) mass is 413 g/mol. The third-order valence-electron chi connectivity index (χ3n) is 4.95. The Morgan fingerprint density at radius 3 is 2.45 bits per heavy atom. The maximum atomic E-state index is 13.0. The number of hydrogen-bond donors (Lipinski definition) is 1. The third kappa shape index (κ3) is 4.63. The smallest absolute Gasteiger partial charge is 0.193 e. The minimum absolute atomic E-state index is 0.119. The number of phenols is 1. The molecule has 3 rings (SSSR count). The highest BCUT2D eigenvalue weighted by molar-refractivity contribution is 6.30. The Hall–Kier alpha value is -2.76. The van der Waals surface area contributed by atoms with Gasteiger partial charge in [0.1, 0.15) is 22.8 Å². The van der Waals surface area contributed by atoms with E-state index in [1.165, 1.54) is 20.3 Å². The zero-order chi connectivity index (χ0) is 21.0. The van der Waals surface area contributed by atoms with Crippen LogP contribution in [0.4, 0.5) is 0 Å². The van der Waals surface area contributed by atoms with Gasteiger partial charge in [0, 0.05) is 24.2 Å². The molecule has 1 aliphatic rings. The highest BCUT2D eigenvalue weighted by Gasteiger charge is 2.26. The molecule has 0 bridgehead atoms. The third-order valence-corrected chi connectivity index (χ3v) is 5.20. The lowest BCUT2D eigenvalue weighted by Gasteiger charge is -2.24. The Morgan fingerprint density at radius 1 is 1.17 bits per heavy atom. The van der Waals surface area contributed by atoms with E-state index in [0.717, 1.165) is 30.6 Å². The molecule has 1 heterocycles. The number of carbonyl (C=O) groups excluding carboxylic acids is 1. The molecular formula is C23H24ClNO4. The Morgan fingerprint density at radius 2 is 1.86 bits per heavy atom. The zero-order valence-electron chi connectivity index (χ0n) is 16.7. The van der Waals surface area contributed by atoms with Crippen molar-refractivity contribution in [3.8, 4) is 17.2 Å². The molecule has 0 atom stereocenters. The number of phenolic OH excluding ortho intramolecular Hbond substituents is 1. The molecule has 0 amide bonds. The molecule has 0 aromatic heterocycles. The van der Waals surface area contributed by atoms with Gasteiger partial charge in [-0.2, -0.15) is 0 Å². The van der Waals surface area contributed by atoms with E-state index in [-0.39, 0.29) is 22.8 Å². The van der Waals surface area contributed by atoms with Crippen molar-refractivity contribution in [3.63, 3.8) is 0 Å². The number of halogens is 1. The van der Waals surface area contributed by atoms with Crippen molar-refractivity contribution in [1.82, 2.24) is 4.90 Å². The van der Waals surface area contributed by atoms with Gasteiger partial charge in [0.15, 0.2) is 5.78 Å². The summed E-state index contributed by atoms with van der Waals surface area (Å²) in [5.74, 6) is 0.269. The number of rotatable bonds is 6. The number of aromatic hydroxyl groups is 1. The van der Waals surface area contributed by atoms with E-state index < -0.39 is 0 Å². The van der Waals surface area contributed by atoms with E-state index in [4.69, 9.17) is 21.1 Å². The van der Waals surface area contributed by atoms with E-state index in [1.54, 1.807) is 24.3 Å². The lowest BCUT2D eigenvalue weighted by Crippen LogP contribution is -2.23. The van der Waals surface area contributed by atoms with E-state index in [9.17, 15) is 9.90 Å². The second-order valence-corrected chi connectivity index (χ2v) is 7.31. The number of hydrogen-bond acceptors (Lipinski definition) is 5. The number of carbonyl (C=O) groups is 1. The summed E-state index contributed by atoms with van der Waals surface area (Å²) in [6, 6.07) is 8.78. The molecule has 0 spiro atoms. The van der Waals surface area contributed by atoms with Crippen LogP contribution in [0.25, 0.3) is 11.6 Å². The van der Waals surface area contributed by atoms with Gasteiger partial charge in [-0.25, -0.2) is 0 Å². The van der Waals surface area contributed by atoms with E-state index in [2.05, 4.69) is 4.90 Å². The van der Waals surface area contributed by atoms with E-state index in [1.807, 2.05) is 25.3 Å². The van der Waals surface area contributed by atoms with Crippen LogP contribution < -0.4 is 9.47 Å². The number of ether oxygens (including phenoxy) is 2. The first kappa shape index (κ1) is 21.0. The first-order valence-corrected chi connectivity index (χ1v) is 9.66. The van der Waals surface area contributed by atoms with E-state index >= 15 is 0 Å². The summed E-state index contributed by atoms with van der Waals surface area (Å²) in [5, 5.41) is 11.7. The highest BCUT2D eigenvalue weighted by Crippen LogP contribution is 2.44. The molecule has 0 fully saturated rings. The molecule has 0 aliphatic carbocycles. The van der Waals surface area contributed by atoms with E-state index in [0.29, 0.717) is 16.3 Å². The summed E-state index contributed by atoms with van der Waals surface area (Å²) in [4.78, 5) is 15.1. The molecule has 0 saturated heterocycles. The lowest BCUT2D eigenvalue weighted by molar-refractivity contribution is 0.104. The average Bonchev–Trinajstić information content (AvgIpc) is 2.73. The van der Waals surface area contributed by atoms with Crippen molar-refractivity contribution in [3.05, 3.63) is 64.2 Å². The topological polar surface area (TPSA) is 59.0 Å². The number of nitrogens with zero attached hydrogens (tertiary/aromatic N) is 1. The van der Waals surface area contributed by atoms with Gasteiger partial charge in [0.2, 0.25) is 0 Å². The zero-order valence-corrected chi connectivity index (χ0v) is 17.5. The molecule has 0 unspecified atom stereocenters. The first-order valence-electron chi connectivity index (χ1n) is 9.28. The summed E-state index contributed by atoms with van der Waals surface area (Å²) in [6.45, 7) is 1.63. The molecule has 5 nitrogen and oxygen atoms in total. The second-order valence-electron chi connectivity index (χ2n) is 6.87. The molecule has 6 heteroatoms. The summed E-state index contributed by atoms with van der Waals surface area (Å²) >= 11 is 5.90. The fourth-order valence-electron chi connectivity index (χ4n) is 3.32. The molecule has 2 aromatic rings. The van der Waals surface area contributed by atoms with Crippen LogP contribution in [0.1, 0.15) is 27.9 Å². The van der Waals surface area contributed by atoms with Gasteiger partial charge in [-0.1, -0.05) is 35.9 Å². The highest BCUT2D eigenvalue weighted by atomic mass is 35.5. The molecule has 29 heavy (non-hydrogen) atoms. The largest absolute Gasteiger partial charge is 0.506 e. The molecule has 0 saturated carbocycles. The summed E-state index contributed by atoms with van der Waals surface area (Å²) in [6.07, 6.45) is 5.89. The Labute approximate surface area is 175 Å². The molecular weight excluding hydrogens is 390 g/mol. The molecule has 0 radical (unpaired) electrons.